The van der Waals surface area contributed by atoms with E-state index in [0.717, 1.165) is 5.39 Å². The first kappa shape index (κ1) is 14.3. The predicted octanol–water partition coefficient (Wildman–Crippen LogP) is 3.53. The molecule has 0 amide bonds. The fourth-order valence-corrected chi connectivity index (χ4v) is 3.11. The molecule has 0 saturated carbocycles. The number of benzene rings is 2. The molecular formula is C20H12O4. The lowest BCUT2D eigenvalue weighted by atomic mass is 9.83. The Hall–Kier alpha value is -3.32. The average molecular weight is 316 g/mol. The van der Waals surface area contributed by atoms with Crippen LogP contribution in [0.3, 0.4) is 0 Å². The van der Waals surface area contributed by atoms with Crippen molar-refractivity contribution >= 4 is 22.5 Å². The molecule has 0 saturated heterocycles. The molecule has 116 valence electrons. The lowest BCUT2D eigenvalue weighted by Crippen LogP contribution is -2.22. The van der Waals surface area contributed by atoms with Crippen LogP contribution in [-0.4, -0.2) is 18.2 Å². The highest BCUT2D eigenvalue weighted by Crippen LogP contribution is 2.37. The maximum atomic E-state index is 13.0. The van der Waals surface area contributed by atoms with Crippen molar-refractivity contribution in [3.05, 3.63) is 64.4 Å². The standard InChI is InChI=1S/C20H12O4/c1-3-9-23-15-6-4-5-13-16(15)18(21)14-8-7-12-10-11(2)24-20(12)17(14)19(13)22/h1,4-8,10H,9H2,2H3. The third-order valence-corrected chi connectivity index (χ3v) is 4.09. The zero-order chi connectivity index (χ0) is 16.8. The number of furan rings is 1. The highest BCUT2D eigenvalue weighted by molar-refractivity contribution is 6.32. The minimum absolute atomic E-state index is 0.0290. The molecule has 24 heavy (non-hydrogen) atoms. The zero-order valence-corrected chi connectivity index (χ0v) is 12.9. The number of ether oxygens (including phenoxy) is 1. The minimum atomic E-state index is -0.261. The molecule has 1 heterocycles. The minimum Gasteiger partial charge on any atom is -0.480 e. The summed E-state index contributed by atoms with van der Waals surface area (Å²) in [6, 6.07) is 10.2. The van der Waals surface area contributed by atoms with E-state index < -0.39 is 0 Å². The molecule has 1 aromatic heterocycles. The Kier molecular flexibility index (Phi) is 3.04. The Bertz CT molecular complexity index is 1060. The van der Waals surface area contributed by atoms with Gasteiger partial charge < -0.3 is 9.15 Å². The van der Waals surface area contributed by atoms with E-state index in [2.05, 4.69) is 5.92 Å². The maximum absolute atomic E-state index is 13.0. The van der Waals surface area contributed by atoms with Crippen molar-refractivity contribution in [2.75, 3.05) is 6.61 Å². The molecule has 1 aliphatic rings. The van der Waals surface area contributed by atoms with Gasteiger partial charge in [0.1, 0.15) is 23.7 Å². The topological polar surface area (TPSA) is 56.5 Å². The summed E-state index contributed by atoms with van der Waals surface area (Å²) < 4.78 is 11.1. The average Bonchev–Trinajstić information content (AvgIpc) is 2.97. The van der Waals surface area contributed by atoms with Gasteiger partial charge in [-0.15, -0.1) is 6.42 Å². The molecule has 0 fully saturated rings. The lowest BCUT2D eigenvalue weighted by molar-refractivity contribution is 0.0976. The van der Waals surface area contributed by atoms with Crippen molar-refractivity contribution in [2.24, 2.45) is 0 Å². The summed E-state index contributed by atoms with van der Waals surface area (Å²) in [5.41, 5.74) is 1.65. The molecule has 0 radical (unpaired) electrons. The van der Waals surface area contributed by atoms with Crippen LogP contribution in [0.4, 0.5) is 0 Å². The van der Waals surface area contributed by atoms with Crippen molar-refractivity contribution in [3.8, 4) is 18.1 Å². The van der Waals surface area contributed by atoms with Crippen molar-refractivity contribution in [1.82, 2.24) is 0 Å². The number of fused-ring (bicyclic) bond motifs is 4. The Morgan fingerprint density at radius 3 is 2.62 bits per heavy atom. The van der Waals surface area contributed by atoms with Gasteiger partial charge in [-0.3, -0.25) is 9.59 Å². The van der Waals surface area contributed by atoms with Gasteiger partial charge in [-0.05, 0) is 25.1 Å². The molecule has 4 rings (SSSR count). The highest BCUT2D eigenvalue weighted by atomic mass is 16.5. The van der Waals surface area contributed by atoms with E-state index in [1.807, 2.05) is 6.07 Å². The number of rotatable bonds is 2. The fraction of sp³-hybridized carbons (Fsp3) is 0.100. The summed E-state index contributed by atoms with van der Waals surface area (Å²) >= 11 is 0. The molecule has 0 aliphatic heterocycles. The van der Waals surface area contributed by atoms with Gasteiger partial charge in [-0.25, -0.2) is 0 Å². The second-order valence-electron chi connectivity index (χ2n) is 5.59. The van der Waals surface area contributed by atoms with Crippen molar-refractivity contribution < 1.29 is 18.7 Å². The molecule has 2 aromatic carbocycles. The summed E-state index contributed by atoms with van der Waals surface area (Å²) in [6.45, 7) is 1.84. The van der Waals surface area contributed by atoms with Crippen LogP contribution in [0.15, 0.2) is 40.8 Å². The van der Waals surface area contributed by atoms with Crippen LogP contribution in [0, 0.1) is 19.3 Å². The SMILES string of the molecule is C#CCOc1cccc2c1C(=O)c1ccc3cc(C)oc3c1C2=O. The molecular weight excluding hydrogens is 304 g/mol. The zero-order valence-electron chi connectivity index (χ0n) is 12.9. The van der Waals surface area contributed by atoms with Crippen LogP contribution in [0.5, 0.6) is 5.75 Å². The van der Waals surface area contributed by atoms with Gasteiger partial charge in [0.05, 0.1) is 11.1 Å². The van der Waals surface area contributed by atoms with E-state index in [1.165, 1.54) is 0 Å². The Labute approximate surface area is 138 Å². The second-order valence-corrected chi connectivity index (χ2v) is 5.59. The van der Waals surface area contributed by atoms with E-state index in [4.69, 9.17) is 15.6 Å². The molecule has 3 aromatic rings. The van der Waals surface area contributed by atoms with Crippen LogP contribution in [0.1, 0.15) is 37.6 Å². The molecule has 0 N–H and O–H groups in total. The number of aryl methyl sites for hydroxylation is 1. The van der Waals surface area contributed by atoms with Gasteiger partial charge in [-0.1, -0.05) is 24.1 Å². The Morgan fingerprint density at radius 1 is 1.08 bits per heavy atom. The third kappa shape index (κ3) is 1.88. The smallest absolute Gasteiger partial charge is 0.198 e. The first-order valence-electron chi connectivity index (χ1n) is 7.43. The Morgan fingerprint density at radius 2 is 1.83 bits per heavy atom. The van der Waals surface area contributed by atoms with E-state index in [1.54, 1.807) is 37.3 Å². The van der Waals surface area contributed by atoms with Crippen LogP contribution in [0.25, 0.3) is 11.0 Å². The van der Waals surface area contributed by atoms with Crippen molar-refractivity contribution in [1.29, 1.82) is 0 Å². The normalized spacial score (nSPS) is 12.7. The molecule has 4 nitrogen and oxygen atoms in total. The van der Waals surface area contributed by atoms with Gasteiger partial charge in [-0.2, -0.15) is 0 Å². The number of carbonyl (C=O) groups excluding carboxylic acids is 2. The van der Waals surface area contributed by atoms with Gasteiger partial charge in [0.25, 0.3) is 0 Å². The largest absolute Gasteiger partial charge is 0.480 e. The molecule has 0 spiro atoms. The third-order valence-electron chi connectivity index (χ3n) is 4.09. The second kappa shape index (κ2) is 5.10. The highest BCUT2D eigenvalue weighted by Gasteiger charge is 2.34. The number of hydrogen-bond donors (Lipinski definition) is 0. The first-order chi connectivity index (χ1) is 11.6. The Balaban J connectivity index is 1.99. The van der Waals surface area contributed by atoms with Gasteiger partial charge in [0.15, 0.2) is 11.6 Å². The molecule has 0 atom stereocenters. The fourth-order valence-electron chi connectivity index (χ4n) is 3.11. The summed E-state index contributed by atoms with van der Waals surface area (Å²) in [6.07, 6.45) is 5.22. The first-order valence-corrected chi connectivity index (χ1v) is 7.43. The summed E-state index contributed by atoms with van der Waals surface area (Å²) in [5.74, 6) is 2.87. The van der Waals surface area contributed by atoms with Crippen LogP contribution in [0.2, 0.25) is 0 Å². The van der Waals surface area contributed by atoms with Crippen LogP contribution < -0.4 is 4.74 Å². The summed E-state index contributed by atoms with van der Waals surface area (Å²) in [7, 11) is 0. The maximum Gasteiger partial charge on any atom is 0.198 e. The monoisotopic (exact) mass is 316 g/mol. The lowest BCUT2D eigenvalue weighted by Gasteiger charge is -2.19. The number of ketones is 2. The predicted molar refractivity (Wildman–Crippen MR) is 88.6 cm³/mol. The summed E-state index contributed by atoms with van der Waals surface area (Å²) in [4.78, 5) is 26.0. The van der Waals surface area contributed by atoms with Gasteiger partial charge >= 0.3 is 0 Å². The molecule has 0 bridgehead atoms. The number of carbonyl (C=O) groups is 2. The van der Waals surface area contributed by atoms with E-state index >= 15 is 0 Å². The number of terminal acetylenes is 1. The van der Waals surface area contributed by atoms with E-state index in [-0.39, 0.29) is 23.7 Å². The quantitative estimate of drug-likeness (QED) is 0.531. The summed E-state index contributed by atoms with van der Waals surface area (Å²) in [5, 5.41) is 0.801. The molecule has 0 unspecified atom stereocenters. The molecule has 1 aliphatic carbocycles. The van der Waals surface area contributed by atoms with Gasteiger partial charge in [0, 0.05) is 16.5 Å². The number of hydrogen-bond acceptors (Lipinski definition) is 4. The van der Waals surface area contributed by atoms with Crippen LogP contribution >= 0.6 is 0 Å². The van der Waals surface area contributed by atoms with Crippen LogP contribution in [-0.2, 0) is 0 Å². The van der Waals surface area contributed by atoms with E-state index in [0.29, 0.717) is 33.8 Å². The van der Waals surface area contributed by atoms with Crippen molar-refractivity contribution in [2.45, 2.75) is 6.92 Å². The van der Waals surface area contributed by atoms with Crippen molar-refractivity contribution in [3.63, 3.8) is 0 Å². The molecule has 4 heteroatoms. The van der Waals surface area contributed by atoms with E-state index in [9.17, 15) is 9.59 Å². The van der Waals surface area contributed by atoms with Gasteiger partial charge in [0.2, 0.25) is 0 Å².